The molecule has 31 heavy (non-hydrogen) atoms. The summed E-state index contributed by atoms with van der Waals surface area (Å²) in [7, 11) is 0. The average molecular weight is 436 g/mol. The van der Waals surface area contributed by atoms with E-state index in [1.807, 2.05) is 0 Å². The van der Waals surface area contributed by atoms with Gasteiger partial charge in [0.25, 0.3) is 5.91 Å². The van der Waals surface area contributed by atoms with Gasteiger partial charge in [0.15, 0.2) is 5.75 Å². The third-order valence-electron chi connectivity index (χ3n) is 4.49. The van der Waals surface area contributed by atoms with Gasteiger partial charge in [-0.05, 0) is 36.8 Å². The molecule has 2 aromatic carbocycles. The summed E-state index contributed by atoms with van der Waals surface area (Å²) in [5.41, 5.74) is -1.58. The highest BCUT2D eigenvalue weighted by atomic mass is 19.4. The number of carbonyl (C=O) groups excluding carboxylic acids is 2. The van der Waals surface area contributed by atoms with Crippen molar-refractivity contribution in [2.45, 2.75) is 19.1 Å². The van der Waals surface area contributed by atoms with Gasteiger partial charge in [0.1, 0.15) is 0 Å². The van der Waals surface area contributed by atoms with E-state index in [0.717, 1.165) is 30.3 Å². The number of hydrogen-bond donors (Lipinski definition) is 4. The molecule has 0 aliphatic carbocycles. The number of allylic oxidation sites excluding steroid dienone is 1. The Kier molecular flexibility index (Phi) is 5.56. The van der Waals surface area contributed by atoms with E-state index in [0.29, 0.717) is 0 Å². The first-order chi connectivity index (χ1) is 14.5. The summed E-state index contributed by atoms with van der Waals surface area (Å²) >= 11 is 0. The predicted molar refractivity (Wildman–Crippen MR) is 102 cm³/mol. The summed E-state index contributed by atoms with van der Waals surface area (Å²) in [5.74, 6) is -1.44. The highest BCUT2D eigenvalue weighted by Gasteiger charge is 2.34. The number of nitrogens with zero attached hydrogens (tertiary/aromatic N) is 1. The molecule has 2 aromatic rings. The molecule has 1 atom stereocenters. The lowest BCUT2D eigenvalue weighted by molar-refractivity contribution is -0.385. The quantitative estimate of drug-likeness (QED) is 0.429. The number of rotatable bonds is 4. The number of carbonyl (C=O) groups is 2. The summed E-state index contributed by atoms with van der Waals surface area (Å²) in [6.45, 7) is 1.40. The monoisotopic (exact) mass is 436 g/mol. The van der Waals surface area contributed by atoms with Crippen LogP contribution in [0.1, 0.15) is 24.1 Å². The summed E-state index contributed by atoms with van der Waals surface area (Å²) < 4.78 is 38.8. The Bertz CT molecular complexity index is 1110. The molecular weight excluding hydrogens is 421 g/mol. The van der Waals surface area contributed by atoms with E-state index in [2.05, 4.69) is 16.0 Å². The van der Waals surface area contributed by atoms with Crippen molar-refractivity contribution in [3.05, 3.63) is 75.0 Å². The fraction of sp³-hybridized carbons (Fsp3) is 0.158. The van der Waals surface area contributed by atoms with Gasteiger partial charge in [-0.25, -0.2) is 4.79 Å². The van der Waals surface area contributed by atoms with E-state index < -0.39 is 46.1 Å². The highest BCUT2D eigenvalue weighted by molar-refractivity contribution is 6.06. The maximum absolute atomic E-state index is 12.9. The lowest BCUT2D eigenvalue weighted by Gasteiger charge is -2.28. The van der Waals surface area contributed by atoms with Crippen molar-refractivity contribution in [1.82, 2.24) is 10.6 Å². The molecule has 1 aliphatic heterocycles. The van der Waals surface area contributed by atoms with Gasteiger partial charge in [-0.1, -0.05) is 12.1 Å². The van der Waals surface area contributed by atoms with Gasteiger partial charge in [0, 0.05) is 17.5 Å². The SMILES string of the molecule is CC1=C(C(=O)Nc2cccc(C(F)(F)F)c2)C(c2ccc(O)c([N+](=O)[O-])c2)NC(=O)N1. The Balaban J connectivity index is 1.98. The first kappa shape index (κ1) is 21.6. The van der Waals surface area contributed by atoms with Crippen LogP contribution in [0.3, 0.4) is 0 Å². The Morgan fingerprint density at radius 2 is 1.94 bits per heavy atom. The third kappa shape index (κ3) is 4.57. The largest absolute Gasteiger partial charge is 0.502 e. The van der Waals surface area contributed by atoms with Crippen molar-refractivity contribution in [3.63, 3.8) is 0 Å². The first-order valence-corrected chi connectivity index (χ1v) is 8.71. The maximum atomic E-state index is 12.9. The minimum atomic E-state index is -4.61. The fourth-order valence-corrected chi connectivity index (χ4v) is 3.08. The van der Waals surface area contributed by atoms with Crippen molar-refractivity contribution in [3.8, 4) is 5.75 Å². The molecule has 0 saturated carbocycles. The van der Waals surface area contributed by atoms with Crippen molar-refractivity contribution >= 4 is 23.3 Å². The lowest BCUT2D eigenvalue weighted by atomic mass is 9.94. The molecule has 3 rings (SSSR count). The number of alkyl halides is 3. The van der Waals surface area contributed by atoms with Gasteiger partial charge >= 0.3 is 17.9 Å². The molecule has 1 aliphatic rings. The molecule has 9 nitrogen and oxygen atoms in total. The van der Waals surface area contributed by atoms with E-state index in [4.69, 9.17) is 0 Å². The minimum Gasteiger partial charge on any atom is -0.502 e. The van der Waals surface area contributed by atoms with Gasteiger partial charge < -0.3 is 21.1 Å². The molecule has 162 valence electrons. The summed E-state index contributed by atoms with van der Waals surface area (Å²) in [4.78, 5) is 35.1. The highest BCUT2D eigenvalue weighted by Crippen LogP contribution is 2.34. The fourth-order valence-electron chi connectivity index (χ4n) is 3.08. The Hall–Kier alpha value is -4.09. The van der Waals surface area contributed by atoms with Crippen LogP contribution in [0.5, 0.6) is 5.75 Å². The minimum absolute atomic E-state index is 0.0722. The molecule has 4 N–H and O–H groups in total. The number of halogens is 3. The molecule has 0 bridgehead atoms. The normalized spacial score (nSPS) is 16.4. The van der Waals surface area contributed by atoms with Crippen LogP contribution in [-0.4, -0.2) is 22.0 Å². The number of benzene rings is 2. The third-order valence-corrected chi connectivity index (χ3v) is 4.49. The zero-order valence-electron chi connectivity index (χ0n) is 15.8. The van der Waals surface area contributed by atoms with Gasteiger partial charge in [-0.3, -0.25) is 14.9 Å². The van der Waals surface area contributed by atoms with Crippen LogP contribution in [-0.2, 0) is 11.0 Å². The predicted octanol–water partition coefficient (Wildman–Crippen LogP) is 3.59. The molecule has 0 aromatic heterocycles. The molecule has 12 heteroatoms. The van der Waals surface area contributed by atoms with Crippen LogP contribution in [0.15, 0.2) is 53.7 Å². The summed E-state index contributed by atoms with van der Waals surface area (Å²) in [6.07, 6.45) is -4.61. The molecular formula is C19H15F3N4O5. The smallest absolute Gasteiger partial charge is 0.416 e. The second kappa shape index (κ2) is 7.97. The molecule has 0 fully saturated rings. The summed E-state index contributed by atoms with van der Waals surface area (Å²) in [6, 6.07) is 5.47. The first-order valence-electron chi connectivity index (χ1n) is 8.71. The van der Waals surface area contributed by atoms with Gasteiger partial charge in [-0.2, -0.15) is 13.2 Å². The average Bonchev–Trinajstić information content (AvgIpc) is 2.67. The number of anilines is 1. The van der Waals surface area contributed by atoms with Crippen molar-refractivity contribution in [1.29, 1.82) is 0 Å². The van der Waals surface area contributed by atoms with E-state index in [1.165, 1.54) is 19.1 Å². The topological polar surface area (TPSA) is 134 Å². The molecule has 3 amide bonds. The van der Waals surface area contributed by atoms with Gasteiger partial charge in [0.2, 0.25) is 0 Å². The van der Waals surface area contributed by atoms with Gasteiger partial charge in [0.05, 0.1) is 22.1 Å². The van der Waals surface area contributed by atoms with E-state index in [1.54, 1.807) is 0 Å². The van der Waals surface area contributed by atoms with Crippen LogP contribution in [0.4, 0.5) is 29.3 Å². The van der Waals surface area contributed by atoms with E-state index in [9.17, 15) is 38.0 Å². The van der Waals surface area contributed by atoms with Crippen molar-refractivity contribution in [2.24, 2.45) is 0 Å². The molecule has 1 heterocycles. The van der Waals surface area contributed by atoms with E-state index in [-0.39, 0.29) is 22.5 Å². The number of nitro benzene ring substituents is 1. The molecule has 0 spiro atoms. The number of hydrogen-bond acceptors (Lipinski definition) is 5. The maximum Gasteiger partial charge on any atom is 0.416 e. The van der Waals surface area contributed by atoms with Crippen LogP contribution in [0, 0.1) is 10.1 Å². The number of phenolic OH excluding ortho intramolecular Hbond substituents is 1. The van der Waals surface area contributed by atoms with Crippen LogP contribution in [0.2, 0.25) is 0 Å². The second-order valence-electron chi connectivity index (χ2n) is 6.61. The Morgan fingerprint density at radius 3 is 2.58 bits per heavy atom. The summed E-state index contributed by atoms with van der Waals surface area (Å²) in [5, 5.41) is 27.9. The molecule has 0 radical (unpaired) electrons. The van der Waals surface area contributed by atoms with Crippen molar-refractivity contribution < 1.29 is 32.8 Å². The second-order valence-corrected chi connectivity index (χ2v) is 6.61. The van der Waals surface area contributed by atoms with Crippen LogP contribution >= 0.6 is 0 Å². The Morgan fingerprint density at radius 1 is 1.23 bits per heavy atom. The molecule has 0 saturated heterocycles. The number of phenols is 1. The van der Waals surface area contributed by atoms with E-state index >= 15 is 0 Å². The zero-order chi connectivity index (χ0) is 22.9. The van der Waals surface area contributed by atoms with Crippen LogP contribution in [0.25, 0.3) is 0 Å². The lowest BCUT2D eigenvalue weighted by Crippen LogP contribution is -2.46. The number of nitro groups is 1. The number of amides is 3. The zero-order valence-corrected chi connectivity index (χ0v) is 15.8. The van der Waals surface area contributed by atoms with Crippen LogP contribution < -0.4 is 16.0 Å². The van der Waals surface area contributed by atoms with Gasteiger partial charge in [-0.15, -0.1) is 0 Å². The standard InChI is InChI=1S/C19H15F3N4O5/c1-9-15(17(28)24-12-4-2-3-11(8-12)19(20,21)22)16(25-18(29)23-9)10-5-6-14(27)13(7-10)26(30)31/h2-8,16,27H,1H3,(H,24,28)(H2,23,25,29). The number of urea groups is 1. The number of aromatic hydroxyl groups is 1. The molecule has 1 unspecified atom stereocenters. The Labute approximate surface area is 172 Å². The van der Waals surface area contributed by atoms with Crippen molar-refractivity contribution in [2.75, 3.05) is 5.32 Å². The number of nitrogens with one attached hydrogen (secondary N) is 3.